The predicted octanol–water partition coefficient (Wildman–Crippen LogP) is 5.65. The average Bonchev–Trinajstić information content (AvgIpc) is 3.44. The zero-order valence-electron chi connectivity index (χ0n) is 25.7. The van der Waals surface area contributed by atoms with Crippen molar-refractivity contribution in [3.63, 3.8) is 0 Å². The average molecular weight is 728 g/mol. The largest absolute Gasteiger partial charge is 0.491 e. The Bertz CT molecular complexity index is 1810. The SMILES string of the molecule is O=C1[C@H]2[C@H](CC=C3[C@H]2C[C@@]2(Cl)C(=O)N(c4c(F)c(F)c(F)c(F)c4F)C(=O)[C@@]2(Cl)[C@H]3c2ccccc2OCCO)C(=O)N1C1CCCCC1. The topological polar surface area (TPSA) is 104 Å². The number of ether oxygens (including phenoxy) is 1. The fraction of sp³-hybridized carbons (Fsp3) is 0.471. The number of carbonyl (C=O) groups is 4. The van der Waals surface area contributed by atoms with E-state index in [1.165, 1.54) is 17.0 Å². The molecule has 2 saturated carbocycles. The van der Waals surface area contributed by atoms with Crippen molar-refractivity contribution < 1.29 is 51.0 Å². The maximum absolute atomic E-state index is 15.2. The second-order valence-corrected chi connectivity index (χ2v) is 14.4. The van der Waals surface area contributed by atoms with Gasteiger partial charge in [-0.15, -0.1) is 23.2 Å². The van der Waals surface area contributed by atoms with Crippen LogP contribution in [-0.4, -0.2) is 62.6 Å². The van der Waals surface area contributed by atoms with Crippen molar-refractivity contribution in [3.8, 4) is 5.75 Å². The second-order valence-electron chi connectivity index (χ2n) is 13.1. The molecule has 2 aromatic rings. The summed E-state index contributed by atoms with van der Waals surface area (Å²) in [5.41, 5.74) is -1.36. The lowest BCUT2D eigenvalue weighted by Gasteiger charge is -2.51. The van der Waals surface area contributed by atoms with Gasteiger partial charge in [-0.3, -0.25) is 24.1 Å². The number of para-hydroxylation sites is 1. The van der Waals surface area contributed by atoms with Gasteiger partial charge in [0.25, 0.3) is 11.8 Å². The maximum atomic E-state index is 15.2. The Labute approximate surface area is 286 Å². The molecule has 2 aliphatic heterocycles. The fourth-order valence-electron chi connectivity index (χ4n) is 8.64. The third-order valence-corrected chi connectivity index (χ3v) is 12.2. The van der Waals surface area contributed by atoms with Crippen LogP contribution in [0.5, 0.6) is 5.75 Å². The summed E-state index contributed by atoms with van der Waals surface area (Å²) >= 11 is 14.4. The van der Waals surface area contributed by atoms with Crippen LogP contribution in [0.25, 0.3) is 0 Å². The molecule has 7 rings (SSSR count). The van der Waals surface area contributed by atoms with Gasteiger partial charge in [-0.05, 0) is 37.7 Å². The number of anilines is 1. The lowest BCUT2D eigenvalue weighted by molar-refractivity contribution is -0.143. The van der Waals surface area contributed by atoms with Crippen molar-refractivity contribution in [2.24, 2.45) is 17.8 Å². The van der Waals surface area contributed by atoms with Gasteiger partial charge in [-0.25, -0.2) is 26.9 Å². The normalized spacial score (nSPS) is 31.6. The number of hydrogen-bond acceptors (Lipinski definition) is 6. The summed E-state index contributed by atoms with van der Waals surface area (Å²) in [6.07, 6.45) is 5.04. The van der Waals surface area contributed by atoms with Crippen molar-refractivity contribution in [2.45, 2.75) is 66.7 Å². The molecule has 4 fully saturated rings. The highest BCUT2D eigenvalue weighted by molar-refractivity contribution is 6.58. The van der Waals surface area contributed by atoms with Gasteiger partial charge in [-0.1, -0.05) is 49.1 Å². The van der Waals surface area contributed by atoms with Crippen molar-refractivity contribution >= 4 is 52.5 Å². The number of aliphatic hydroxyl groups excluding tert-OH is 1. The van der Waals surface area contributed by atoms with Crippen LogP contribution in [0.2, 0.25) is 0 Å². The summed E-state index contributed by atoms with van der Waals surface area (Å²) in [7, 11) is 0. The van der Waals surface area contributed by atoms with Crippen molar-refractivity contribution in [1.29, 1.82) is 0 Å². The standard InChI is InChI=1S/C34H29Cl2F5N2O6/c35-33-14-19-16(10-11-18-21(19)30(46)42(29(18)45)15-6-2-1-3-7-15)22(17-8-4-5-9-20(17)49-13-12-44)34(33,36)32(48)43(31(33)47)28-26(40)24(38)23(37)25(39)27(28)41/h4-5,8-10,15,18-19,21-22,44H,1-3,6-7,11-14H2/t18-,19+,21-,22+,33+,34-/m0/s1. The van der Waals surface area contributed by atoms with Gasteiger partial charge >= 0.3 is 0 Å². The van der Waals surface area contributed by atoms with Crippen LogP contribution in [0.1, 0.15) is 56.4 Å². The van der Waals surface area contributed by atoms with Crippen LogP contribution in [-0.2, 0) is 19.2 Å². The van der Waals surface area contributed by atoms with Gasteiger partial charge < -0.3 is 9.84 Å². The maximum Gasteiger partial charge on any atom is 0.258 e. The zero-order valence-corrected chi connectivity index (χ0v) is 27.2. The molecular formula is C34H29Cl2F5N2O6. The minimum Gasteiger partial charge on any atom is -0.491 e. The molecule has 2 aromatic carbocycles. The first kappa shape index (κ1) is 33.9. The van der Waals surface area contributed by atoms with Gasteiger partial charge in [0.1, 0.15) is 18.0 Å². The predicted molar refractivity (Wildman–Crippen MR) is 164 cm³/mol. The molecule has 260 valence electrons. The Balaban J connectivity index is 1.43. The molecule has 15 heteroatoms. The van der Waals surface area contributed by atoms with Gasteiger partial charge in [0, 0.05) is 17.5 Å². The molecule has 49 heavy (non-hydrogen) atoms. The third kappa shape index (κ3) is 4.57. The Kier molecular flexibility index (Phi) is 8.34. The number of imide groups is 2. The van der Waals surface area contributed by atoms with Crippen LogP contribution < -0.4 is 9.64 Å². The number of fused-ring (bicyclic) bond motifs is 4. The molecule has 2 saturated heterocycles. The lowest BCUT2D eigenvalue weighted by Crippen LogP contribution is -2.60. The van der Waals surface area contributed by atoms with Crippen molar-refractivity contribution in [1.82, 2.24) is 4.90 Å². The van der Waals surface area contributed by atoms with E-state index >= 15 is 8.78 Å². The van der Waals surface area contributed by atoms with E-state index < -0.39 is 98.9 Å². The van der Waals surface area contributed by atoms with E-state index in [0.29, 0.717) is 18.4 Å². The minimum absolute atomic E-state index is 0.0617. The Hall–Kier alpha value is -3.55. The van der Waals surface area contributed by atoms with E-state index in [2.05, 4.69) is 0 Å². The molecule has 8 nitrogen and oxygen atoms in total. The second kappa shape index (κ2) is 12.1. The summed E-state index contributed by atoms with van der Waals surface area (Å²) < 4.78 is 79.2. The van der Waals surface area contributed by atoms with E-state index in [1.54, 1.807) is 18.2 Å². The fourth-order valence-corrected chi connectivity index (χ4v) is 9.57. The number of amides is 4. The van der Waals surface area contributed by atoms with Crippen LogP contribution in [0.15, 0.2) is 35.9 Å². The van der Waals surface area contributed by atoms with Gasteiger partial charge in [0.15, 0.2) is 33.0 Å². The highest BCUT2D eigenvalue weighted by Crippen LogP contribution is 2.66. The van der Waals surface area contributed by atoms with Gasteiger partial charge in [-0.2, -0.15) is 0 Å². The zero-order chi connectivity index (χ0) is 35.2. The van der Waals surface area contributed by atoms with Crippen LogP contribution in [0, 0.1) is 46.8 Å². The summed E-state index contributed by atoms with van der Waals surface area (Å²) in [5, 5.41) is 9.48. The number of allylic oxidation sites excluding steroid dienone is 2. The third-order valence-electron chi connectivity index (χ3n) is 10.8. The Morgan fingerprint density at radius 2 is 1.47 bits per heavy atom. The molecule has 4 amide bonds. The summed E-state index contributed by atoms with van der Waals surface area (Å²) in [4.78, 5) is 52.6. The minimum atomic E-state index is -2.66. The molecular weight excluding hydrogens is 698 g/mol. The molecule has 0 radical (unpaired) electrons. The van der Waals surface area contributed by atoms with E-state index in [9.17, 15) is 37.5 Å². The first-order valence-electron chi connectivity index (χ1n) is 16.0. The van der Waals surface area contributed by atoms with Crippen molar-refractivity contribution in [3.05, 3.63) is 70.6 Å². The molecule has 1 N–H and O–H groups in total. The number of carbonyl (C=O) groups excluding carboxylic acids is 4. The highest BCUT2D eigenvalue weighted by Gasteiger charge is 2.77. The molecule has 0 spiro atoms. The monoisotopic (exact) mass is 726 g/mol. The Morgan fingerprint density at radius 3 is 2.12 bits per heavy atom. The molecule has 0 bridgehead atoms. The van der Waals surface area contributed by atoms with Crippen LogP contribution in [0.3, 0.4) is 0 Å². The summed E-state index contributed by atoms with van der Waals surface area (Å²) in [6, 6.07) is 5.77. The van der Waals surface area contributed by atoms with E-state index in [1.807, 2.05) is 0 Å². The van der Waals surface area contributed by atoms with Crippen LogP contribution in [0.4, 0.5) is 27.6 Å². The first-order chi connectivity index (χ1) is 23.3. The van der Waals surface area contributed by atoms with E-state index in [-0.39, 0.29) is 41.2 Å². The number of rotatable bonds is 6. The van der Waals surface area contributed by atoms with Gasteiger partial charge in [0.2, 0.25) is 17.6 Å². The number of nitrogens with zero attached hydrogens (tertiary/aromatic N) is 2. The van der Waals surface area contributed by atoms with E-state index in [4.69, 9.17) is 27.9 Å². The number of benzene rings is 2. The molecule has 3 aliphatic carbocycles. The molecule has 5 aliphatic rings. The summed E-state index contributed by atoms with van der Waals surface area (Å²) in [6.45, 7) is -0.635. The number of likely N-dealkylation sites (tertiary alicyclic amines) is 1. The molecule has 0 unspecified atom stereocenters. The summed E-state index contributed by atoms with van der Waals surface area (Å²) in [5.74, 6) is -20.4. The quantitative estimate of drug-likeness (QED) is 0.103. The smallest absolute Gasteiger partial charge is 0.258 e. The van der Waals surface area contributed by atoms with E-state index in [0.717, 1.165) is 19.3 Å². The van der Waals surface area contributed by atoms with Crippen molar-refractivity contribution in [2.75, 3.05) is 18.1 Å². The van der Waals surface area contributed by atoms with Crippen LogP contribution >= 0.6 is 23.2 Å². The highest BCUT2D eigenvalue weighted by atomic mass is 35.5. The number of hydrogen-bond donors (Lipinski definition) is 1. The molecule has 2 heterocycles. The number of aliphatic hydroxyl groups is 1. The molecule has 0 aromatic heterocycles. The number of halogens is 7. The van der Waals surface area contributed by atoms with Gasteiger partial charge in [0.05, 0.1) is 18.4 Å². The lowest BCUT2D eigenvalue weighted by atomic mass is 9.56. The molecule has 6 atom stereocenters. The number of alkyl halides is 2. The Morgan fingerprint density at radius 1 is 0.837 bits per heavy atom. The first-order valence-corrected chi connectivity index (χ1v) is 16.7.